The summed E-state index contributed by atoms with van der Waals surface area (Å²) >= 11 is 1.39. The number of carboxylic acids is 1. The molecule has 2 heterocycles. The molecule has 2 aliphatic rings. The third-order valence-electron chi connectivity index (χ3n) is 3.18. The SMILES string of the molecule is CC1(C)S[C@@H]2C(NC(=O)CN)C(=O)N2[C@H]1C(=O)O. The van der Waals surface area contributed by atoms with Crippen molar-refractivity contribution >= 4 is 29.5 Å². The van der Waals surface area contributed by atoms with Crippen molar-refractivity contribution in [3.63, 3.8) is 0 Å². The van der Waals surface area contributed by atoms with Crippen molar-refractivity contribution in [2.45, 2.75) is 36.1 Å². The summed E-state index contributed by atoms with van der Waals surface area (Å²) in [5, 5.41) is 11.4. The van der Waals surface area contributed by atoms with Crippen LogP contribution in [-0.4, -0.2) is 56.5 Å². The smallest absolute Gasteiger partial charge is 0.327 e. The lowest BCUT2D eigenvalue weighted by molar-refractivity contribution is -0.161. The number of thioether (sulfide) groups is 1. The first-order valence-corrected chi connectivity index (χ1v) is 6.40. The van der Waals surface area contributed by atoms with Crippen molar-refractivity contribution in [3.8, 4) is 0 Å². The van der Waals surface area contributed by atoms with Crippen LogP contribution in [0.5, 0.6) is 0 Å². The van der Waals surface area contributed by atoms with Crippen molar-refractivity contribution < 1.29 is 19.5 Å². The van der Waals surface area contributed by atoms with E-state index in [1.807, 2.05) is 0 Å². The maximum absolute atomic E-state index is 11.9. The Hall–Kier alpha value is -1.28. The number of hydrogen-bond acceptors (Lipinski definition) is 5. The van der Waals surface area contributed by atoms with Crippen LogP contribution in [0.1, 0.15) is 13.8 Å². The van der Waals surface area contributed by atoms with Crippen LogP contribution in [0.4, 0.5) is 0 Å². The molecule has 0 spiro atoms. The Balaban J connectivity index is 2.16. The van der Waals surface area contributed by atoms with Crippen molar-refractivity contribution in [1.82, 2.24) is 10.2 Å². The minimum Gasteiger partial charge on any atom is -0.480 e. The molecule has 8 heteroatoms. The number of nitrogens with two attached hydrogens (primary N) is 1. The summed E-state index contributed by atoms with van der Waals surface area (Å²) in [6.45, 7) is 3.38. The monoisotopic (exact) mass is 273 g/mol. The van der Waals surface area contributed by atoms with Gasteiger partial charge in [-0.25, -0.2) is 4.79 Å². The van der Waals surface area contributed by atoms with E-state index in [1.165, 1.54) is 16.7 Å². The zero-order valence-electron chi connectivity index (χ0n) is 10.0. The summed E-state index contributed by atoms with van der Waals surface area (Å²) in [5.74, 6) is -1.79. The van der Waals surface area contributed by atoms with E-state index in [2.05, 4.69) is 5.32 Å². The number of carboxylic acid groups (broad SMARTS) is 1. The van der Waals surface area contributed by atoms with Gasteiger partial charge in [-0.2, -0.15) is 0 Å². The number of rotatable bonds is 3. The van der Waals surface area contributed by atoms with Gasteiger partial charge >= 0.3 is 5.97 Å². The molecule has 0 bridgehead atoms. The van der Waals surface area contributed by atoms with Gasteiger partial charge in [0.1, 0.15) is 17.5 Å². The maximum atomic E-state index is 11.9. The van der Waals surface area contributed by atoms with Crippen LogP contribution >= 0.6 is 11.8 Å². The van der Waals surface area contributed by atoms with Gasteiger partial charge in [0.25, 0.3) is 0 Å². The predicted octanol–water partition coefficient (Wildman–Crippen LogP) is -1.42. The van der Waals surface area contributed by atoms with E-state index in [4.69, 9.17) is 5.73 Å². The van der Waals surface area contributed by atoms with Crippen LogP contribution in [0.15, 0.2) is 0 Å². The van der Waals surface area contributed by atoms with Crippen LogP contribution in [0.25, 0.3) is 0 Å². The normalized spacial score (nSPS) is 32.7. The molecule has 18 heavy (non-hydrogen) atoms. The summed E-state index contributed by atoms with van der Waals surface area (Å²) < 4.78 is -0.575. The molecule has 0 radical (unpaired) electrons. The number of carbonyl (C=O) groups excluding carboxylic acids is 2. The van der Waals surface area contributed by atoms with Gasteiger partial charge in [-0.15, -0.1) is 11.8 Å². The number of carbonyl (C=O) groups is 3. The van der Waals surface area contributed by atoms with E-state index in [0.29, 0.717) is 0 Å². The Kier molecular flexibility index (Phi) is 3.02. The molecule has 0 aromatic heterocycles. The lowest BCUT2D eigenvalue weighted by Crippen LogP contribution is -2.71. The molecule has 3 atom stereocenters. The summed E-state index contributed by atoms with van der Waals surface area (Å²) in [4.78, 5) is 35.6. The van der Waals surface area contributed by atoms with Gasteiger partial charge in [0.2, 0.25) is 11.8 Å². The standard InChI is InChI=1S/C10H15N3O4S/c1-10(2)6(9(16)17)13-7(15)5(8(13)18-10)12-4(14)3-11/h5-6,8H,3,11H2,1-2H3,(H,12,14)(H,16,17)/t5?,6-,8+/m0/s1. The highest BCUT2D eigenvalue weighted by molar-refractivity contribution is 8.01. The number of amides is 2. The lowest BCUT2D eigenvalue weighted by Gasteiger charge is -2.43. The molecule has 2 rings (SSSR count). The highest BCUT2D eigenvalue weighted by Crippen LogP contribution is 2.50. The van der Waals surface area contributed by atoms with Gasteiger partial charge in [0.05, 0.1) is 6.54 Å². The molecular weight excluding hydrogens is 258 g/mol. The molecule has 1 unspecified atom stereocenters. The fourth-order valence-electron chi connectivity index (χ4n) is 2.38. The van der Waals surface area contributed by atoms with Gasteiger partial charge in [-0.3, -0.25) is 9.59 Å². The Morgan fingerprint density at radius 2 is 2.17 bits per heavy atom. The summed E-state index contributed by atoms with van der Waals surface area (Å²) in [6.07, 6.45) is 0. The van der Waals surface area contributed by atoms with Crippen molar-refractivity contribution in [2.24, 2.45) is 5.73 Å². The van der Waals surface area contributed by atoms with Gasteiger partial charge in [0, 0.05) is 4.75 Å². The van der Waals surface area contributed by atoms with E-state index in [1.54, 1.807) is 13.8 Å². The predicted molar refractivity (Wildman–Crippen MR) is 64.7 cm³/mol. The lowest BCUT2D eigenvalue weighted by atomic mass is 9.96. The second-order valence-corrected chi connectivity index (χ2v) is 6.62. The first kappa shape index (κ1) is 13.2. The first-order chi connectivity index (χ1) is 8.29. The van der Waals surface area contributed by atoms with Gasteiger partial charge in [-0.05, 0) is 13.8 Å². The molecule has 4 N–H and O–H groups in total. The minimum absolute atomic E-state index is 0.188. The van der Waals surface area contributed by atoms with Crippen molar-refractivity contribution in [2.75, 3.05) is 6.54 Å². The number of fused-ring (bicyclic) bond motifs is 1. The fraction of sp³-hybridized carbons (Fsp3) is 0.700. The zero-order chi connectivity index (χ0) is 13.7. The van der Waals surface area contributed by atoms with Gasteiger partial charge in [0.15, 0.2) is 0 Å². The molecule has 0 aromatic carbocycles. The Labute approximate surface area is 108 Å². The Bertz CT molecular complexity index is 425. The minimum atomic E-state index is -1.02. The topological polar surface area (TPSA) is 113 Å². The summed E-state index contributed by atoms with van der Waals surface area (Å²) in [7, 11) is 0. The molecule has 2 aliphatic heterocycles. The average molecular weight is 273 g/mol. The number of nitrogens with zero attached hydrogens (tertiary/aromatic N) is 1. The van der Waals surface area contributed by atoms with Crippen molar-refractivity contribution in [1.29, 1.82) is 0 Å². The number of hydrogen-bond donors (Lipinski definition) is 3. The summed E-state index contributed by atoms with van der Waals surface area (Å²) in [5.41, 5.74) is 5.17. The van der Waals surface area contributed by atoms with E-state index in [-0.39, 0.29) is 17.8 Å². The first-order valence-electron chi connectivity index (χ1n) is 5.52. The van der Waals surface area contributed by atoms with Crippen molar-refractivity contribution in [3.05, 3.63) is 0 Å². The number of β-lactam (4-membered cyclic amide) rings is 1. The highest BCUT2D eigenvalue weighted by atomic mass is 32.2. The molecule has 0 aliphatic carbocycles. The Morgan fingerprint density at radius 1 is 1.56 bits per heavy atom. The second kappa shape index (κ2) is 4.13. The number of aliphatic carboxylic acids is 1. The zero-order valence-corrected chi connectivity index (χ0v) is 10.9. The van der Waals surface area contributed by atoms with Gasteiger partial charge in [-0.1, -0.05) is 0 Å². The molecule has 100 valence electrons. The largest absolute Gasteiger partial charge is 0.480 e. The van der Waals surface area contributed by atoms with E-state index in [0.717, 1.165) is 0 Å². The van der Waals surface area contributed by atoms with Crippen LogP contribution < -0.4 is 11.1 Å². The molecule has 0 aromatic rings. The van der Waals surface area contributed by atoms with E-state index < -0.39 is 28.7 Å². The molecule has 2 saturated heterocycles. The number of nitrogens with one attached hydrogen (secondary N) is 1. The quantitative estimate of drug-likeness (QED) is 0.544. The maximum Gasteiger partial charge on any atom is 0.327 e. The highest BCUT2D eigenvalue weighted by Gasteiger charge is 2.64. The van der Waals surface area contributed by atoms with Crippen LogP contribution in [0.3, 0.4) is 0 Å². The van der Waals surface area contributed by atoms with Crippen LogP contribution in [0.2, 0.25) is 0 Å². The van der Waals surface area contributed by atoms with Crippen LogP contribution in [0, 0.1) is 0 Å². The fourth-order valence-corrected chi connectivity index (χ4v) is 4.00. The molecular formula is C10H15N3O4S. The van der Waals surface area contributed by atoms with Crippen LogP contribution in [-0.2, 0) is 14.4 Å². The van der Waals surface area contributed by atoms with E-state index >= 15 is 0 Å². The van der Waals surface area contributed by atoms with Gasteiger partial charge < -0.3 is 21.1 Å². The molecule has 2 fully saturated rings. The Morgan fingerprint density at radius 3 is 2.67 bits per heavy atom. The third-order valence-corrected chi connectivity index (χ3v) is 4.75. The second-order valence-electron chi connectivity index (χ2n) is 4.85. The summed E-state index contributed by atoms with van der Waals surface area (Å²) in [6, 6.07) is -1.51. The molecule has 0 saturated carbocycles. The van der Waals surface area contributed by atoms with E-state index in [9.17, 15) is 19.5 Å². The molecule has 2 amide bonds. The molecule has 7 nitrogen and oxygen atoms in total. The third kappa shape index (κ3) is 1.76. The average Bonchev–Trinajstić information content (AvgIpc) is 2.54.